The number of halogens is 1. The Morgan fingerprint density at radius 1 is 1.25 bits per heavy atom. The molecular formula is C13H20FN3O2S. The number of benzene rings is 1. The molecule has 0 aromatic heterocycles. The van der Waals surface area contributed by atoms with E-state index in [1.165, 1.54) is 12.1 Å². The molecule has 112 valence electrons. The first-order valence-corrected chi connectivity index (χ1v) is 8.21. The maximum Gasteiger partial charge on any atom is 0.253 e. The van der Waals surface area contributed by atoms with Crippen molar-refractivity contribution in [3.8, 4) is 0 Å². The quantitative estimate of drug-likeness (QED) is 0.858. The Morgan fingerprint density at radius 2 is 1.95 bits per heavy atom. The third-order valence-corrected chi connectivity index (χ3v) is 4.75. The molecule has 0 radical (unpaired) electrons. The average molecular weight is 301 g/mol. The van der Waals surface area contributed by atoms with Crippen LogP contribution in [0.4, 0.5) is 4.39 Å². The van der Waals surface area contributed by atoms with Crippen molar-refractivity contribution in [2.45, 2.75) is 30.7 Å². The van der Waals surface area contributed by atoms with Crippen LogP contribution >= 0.6 is 0 Å². The molecule has 0 atom stereocenters. The van der Waals surface area contributed by atoms with Gasteiger partial charge in [0.25, 0.3) is 10.0 Å². The normalized spacial score (nSPS) is 17.3. The number of sulfonamides is 1. The third kappa shape index (κ3) is 3.76. The summed E-state index contributed by atoms with van der Waals surface area (Å²) in [6, 6.07) is 3.84. The Balaban J connectivity index is 2.25. The highest BCUT2D eigenvalue weighted by Crippen LogP contribution is 2.18. The molecule has 2 N–H and O–H groups in total. The van der Waals surface area contributed by atoms with E-state index in [0.717, 1.165) is 25.3 Å². The molecular weight excluding hydrogens is 281 g/mol. The van der Waals surface area contributed by atoms with Crippen molar-refractivity contribution < 1.29 is 12.8 Å². The van der Waals surface area contributed by atoms with Crippen LogP contribution < -0.4 is 10.1 Å². The van der Waals surface area contributed by atoms with Crippen molar-refractivity contribution in [1.29, 1.82) is 0 Å². The number of piperidine rings is 1. The van der Waals surface area contributed by atoms with Gasteiger partial charge in [-0.2, -0.15) is 0 Å². The minimum atomic E-state index is -3.74. The summed E-state index contributed by atoms with van der Waals surface area (Å²) in [5.74, 6) is -0.552. The minimum Gasteiger partial charge on any atom is -0.316 e. The monoisotopic (exact) mass is 301 g/mol. The van der Waals surface area contributed by atoms with Gasteiger partial charge in [0.05, 0.1) is 4.90 Å². The molecule has 5 nitrogen and oxygen atoms in total. The highest BCUT2D eigenvalue weighted by molar-refractivity contribution is 7.89. The minimum absolute atomic E-state index is 0.00239. The second-order valence-corrected chi connectivity index (χ2v) is 6.55. The molecule has 1 saturated heterocycles. The van der Waals surface area contributed by atoms with Gasteiger partial charge in [0, 0.05) is 19.6 Å². The van der Waals surface area contributed by atoms with Crippen LogP contribution in [0.2, 0.25) is 0 Å². The van der Waals surface area contributed by atoms with Crippen molar-refractivity contribution in [3.05, 3.63) is 29.6 Å². The highest BCUT2D eigenvalue weighted by atomic mass is 32.2. The zero-order chi connectivity index (χ0) is 14.6. The van der Waals surface area contributed by atoms with Gasteiger partial charge in [0.2, 0.25) is 0 Å². The van der Waals surface area contributed by atoms with E-state index in [4.69, 9.17) is 0 Å². The number of rotatable bonds is 5. The zero-order valence-corrected chi connectivity index (χ0v) is 12.3. The molecule has 0 unspecified atom stereocenters. The van der Waals surface area contributed by atoms with Crippen LogP contribution in [-0.4, -0.2) is 33.6 Å². The van der Waals surface area contributed by atoms with Gasteiger partial charge in [-0.25, -0.2) is 17.8 Å². The van der Waals surface area contributed by atoms with Gasteiger partial charge < -0.3 is 5.32 Å². The van der Waals surface area contributed by atoms with Crippen molar-refractivity contribution >= 4 is 10.0 Å². The predicted octanol–water partition coefficient (Wildman–Crippen LogP) is 1.22. The Morgan fingerprint density at radius 3 is 2.60 bits per heavy atom. The van der Waals surface area contributed by atoms with E-state index >= 15 is 0 Å². The summed E-state index contributed by atoms with van der Waals surface area (Å²) < 4.78 is 38.2. The second kappa shape index (κ2) is 6.62. The molecule has 0 aliphatic carbocycles. The molecule has 1 aromatic rings. The van der Waals surface area contributed by atoms with Gasteiger partial charge in [0.15, 0.2) is 0 Å². The summed E-state index contributed by atoms with van der Waals surface area (Å²) in [5, 5.41) is 4.58. The SMILES string of the molecule is CNCc1ccc(F)cc1S(=O)(=O)NN1CCCCC1. The van der Waals surface area contributed by atoms with Crippen molar-refractivity contribution in [1.82, 2.24) is 15.2 Å². The summed E-state index contributed by atoms with van der Waals surface area (Å²) in [6.07, 6.45) is 3.05. The van der Waals surface area contributed by atoms with Gasteiger partial charge in [-0.05, 0) is 37.6 Å². The molecule has 1 aliphatic rings. The van der Waals surface area contributed by atoms with Crippen LogP contribution in [0.5, 0.6) is 0 Å². The van der Waals surface area contributed by atoms with E-state index in [9.17, 15) is 12.8 Å². The van der Waals surface area contributed by atoms with Crippen LogP contribution in [0, 0.1) is 5.82 Å². The topological polar surface area (TPSA) is 61.4 Å². The maximum absolute atomic E-state index is 13.4. The van der Waals surface area contributed by atoms with E-state index in [1.54, 1.807) is 12.1 Å². The fourth-order valence-electron chi connectivity index (χ4n) is 2.32. The summed E-state index contributed by atoms with van der Waals surface area (Å²) in [5.41, 5.74) is 0.554. The first-order valence-electron chi connectivity index (χ1n) is 6.73. The van der Waals surface area contributed by atoms with Crippen LogP contribution in [0.3, 0.4) is 0 Å². The van der Waals surface area contributed by atoms with E-state index in [0.29, 0.717) is 25.2 Å². The fraction of sp³-hybridized carbons (Fsp3) is 0.538. The molecule has 7 heteroatoms. The summed E-state index contributed by atoms with van der Waals surface area (Å²) in [4.78, 5) is 2.55. The van der Waals surface area contributed by atoms with Crippen LogP contribution in [0.25, 0.3) is 0 Å². The van der Waals surface area contributed by atoms with E-state index in [2.05, 4.69) is 10.1 Å². The van der Waals surface area contributed by atoms with Crippen molar-refractivity contribution in [2.75, 3.05) is 20.1 Å². The lowest BCUT2D eigenvalue weighted by Crippen LogP contribution is -2.45. The molecule has 1 fully saturated rings. The summed E-state index contributed by atoms with van der Waals surface area (Å²) >= 11 is 0. The molecule has 0 spiro atoms. The summed E-state index contributed by atoms with van der Waals surface area (Å²) in [7, 11) is -2.02. The summed E-state index contributed by atoms with van der Waals surface area (Å²) in [6.45, 7) is 1.75. The first kappa shape index (κ1) is 15.4. The largest absolute Gasteiger partial charge is 0.316 e. The second-order valence-electron chi connectivity index (χ2n) is 4.92. The molecule has 20 heavy (non-hydrogen) atoms. The first-order chi connectivity index (χ1) is 9.53. The van der Waals surface area contributed by atoms with Crippen molar-refractivity contribution in [3.63, 3.8) is 0 Å². The third-order valence-electron chi connectivity index (χ3n) is 3.29. The van der Waals surface area contributed by atoms with E-state index in [-0.39, 0.29) is 4.90 Å². The smallest absolute Gasteiger partial charge is 0.253 e. The van der Waals surface area contributed by atoms with Gasteiger partial charge in [-0.3, -0.25) is 0 Å². The number of nitrogens with one attached hydrogen (secondary N) is 2. The highest BCUT2D eigenvalue weighted by Gasteiger charge is 2.23. The lowest BCUT2D eigenvalue weighted by atomic mass is 10.2. The molecule has 1 aliphatic heterocycles. The molecule has 1 aromatic carbocycles. The Kier molecular flexibility index (Phi) is 5.09. The Labute approximate surface area is 119 Å². The van der Waals surface area contributed by atoms with Crippen LogP contribution in [0.1, 0.15) is 24.8 Å². The van der Waals surface area contributed by atoms with Crippen LogP contribution in [0.15, 0.2) is 23.1 Å². The Bertz CT molecular complexity index is 557. The molecule has 0 amide bonds. The fourth-order valence-corrected chi connectivity index (χ4v) is 3.69. The van der Waals surface area contributed by atoms with Crippen LogP contribution in [-0.2, 0) is 16.6 Å². The van der Waals surface area contributed by atoms with Gasteiger partial charge >= 0.3 is 0 Å². The Hall–Kier alpha value is -1.02. The number of hydrogen-bond acceptors (Lipinski definition) is 4. The number of hydrogen-bond donors (Lipinski definition) is 2. The van der Waals surface area contributed by atoms with Crippen molar-refractivity contribution in [2.24, 2.45) is 0 Å². The number of nitrogens with zero attached hydrogens (tertiary/aromatic N) is 1. The maximum atomic E-state index is 13.4. The standard InChI is InChI=1S/C13H20FN3O2S/c1-15-10-11-5-6-12(14)9-13(11)20(18,19)16-17-7-3-2-4-8-17/h5-6,9,15-16H,2-4,7-8,10H2,1H3. The molecule has 1 heterocycles. The average Bonchev–Trinajstić information content (AvgIpc) is 2.41. The molecule has 2 rings (SSSR count). The zero-order valence-electron chi connectivity index (χ0n) is 11.5. The molecule has 0 bridgehead atoms. The van der Waals surface area contributed by atoms with E-state index in [1.807, 2.05) is 0 Å². The van der Waals surface area contributed by atoms with Gasteiger partial charge in [0.1, 0.15) is 5.82 Å². The van der Waals surface area contributed by atoms with E-state index < -0.39 is 15.8 Å². The molecule has 0 saturated carbocycles. The van der Waals surface area contributed by atoms with Gasteiger partial charge in [-0.1, -0.05) is 12.5 Å². The lowest BCUT2D eigenvalue weighted by molar-refractivity contribution is 0.200. The lowest BCUT2D eigenvalue weighted by Gasteiger charge is -2.27. The number of hydrazine groups is 1. The van der Waals surface area contributed by atoms with Gasteiger partial charge in [-0.15, -0.1) is 4.83 Å². The predicted molar refractivity (Wildman–Crippen MR) is 74.9 cm³/mol.